The van der Waals surface area contributed by atoms with Crippen LogP contribution in [0.2, 0.25) is 0 Å². The highest BCUT2D eigenvalue weighted by molar-refractivity contribution is 5.24. The summed E-state index contributed by atoms with van der Waals surface area (Å²) in [7, 11) is 0. The summed E-state index contributed by atoms with van der Waals surface area (Å²) < 4.78 is 1.91. The molecular formula is C17H32N4O. The van der Waals surface area contributed by atoms with Gasteiger partial charge in [-0.2, -0.15) is 5.10 Å². The number of likely N-dealkylation sites (tertiary alicyclic amines) is 1. The van der Waals surface area contributed by atoms with Crippen LogP contribution in [0.25, 0.3) is 0 Å². The van der Waals surface area contributed by atoms with E-state index in [-0.39, 0.29) is 6.61 Å². The molecule has 126 valence electrons. The Balaban J connectivity index is 1.86. The summed E-state index contributed by atoms with van der Waals surface area (Å²) in [6.07, 6.45) is 2.63. The zero-order chi connectivity index (χ0) is 16.1. The smallest absolute Gasteiger partial charge is 0.0644 e. The molecule has 2 heterocycles. The Morgan fingerprint density at radius 2 is 2.14 bits per heavy atom. The maximum absolute atomic E-state index is 9.08. The fraction of sp³-hybridized carbons (Fsp3) is 0.824. The third-order valence-electron chi connectivity index (χ3n) is 4.62. The van der Waals surface area contributed by atoms with Crippen LogP contribution in [0.1, 0.15) is 43.6 Å². The number of aliphatic hydroxyl groups excluding tert-OH is 1. The molecule has 1 aliphatic heterocycles. The molecule has 1 fully saturated rings. The van der Waals surface area contributed by atoms with Crippen molar-refractivity contribution in [2.24, 2.45) is 5.92 Å². The first kappa shape index (κ1) is 17.4. The van der Waals surface area contributed by atoms with Crippen LogP contribution in [0, 0.1) is 19.8 Å². The van der Waals surface area contributed by atoms with Crippen molar-refractivity contribution in [3.05, 3.63) is 17.0 Å². The molecule has 0 amide bonds. The number of hydrogen-bond acceptors (Lipinski definition) is 4. The van der Waals surface area contributed by atoms with Gasteiger partial charge in [0.05, 0.1) is 18.8 Å². The van der Waals surface area contributed by atoms with Gasteiger partial charge in [0.2, 0.25) is 0 Å². The van der Waals surface area contributed by atoms with Gasteiger partial charge in [-0.1, -0.05) is 13.8 Å². The summed E-state index contributed by atoms with van der Waals surface area (Å²) in [4.78, 5) is 2.63. The largest absolute Gasteiger partial charge is 0.394 e. The van der Waals surface area contributed by atoms with Gasteiger partial charge in [-0.05, 0) is 39.2 Å². The first-order valence-electron chi connectivity index (χ1n) is 8.61. The van der Waals surface area contributed by atoms with E-state index in [1.54, 1.807) is 0 Å². The van der Waals surface area contributed by atoms with Crippen LogP contribution in [0.5, 0.6) is 0 Å². The molecule has 2 N–H and O–H groups in total. The summed E-state index contributed by atoms with van der Waals surface area (Å²) in [6, 6.07) is 0.676. The van der Waals surface area contributed by atoms with Gasteiger partial charge in [0.25, 0.3) is 0 Å². The molecule has 1 aromatic rings. The lowest BCUT2D eigenvalue weighted by Gasteiger charge is -2.26. The quantitative estimate of drug-likeness (QED) is 0.767. The van der Waals surface area contributed by atoms with E-state index in [9.17, 15) is 0 Å². The van der Waals surface area contributed by atoms with Crippen molar-refractivity contribution < 1.29 is 5.11 Å². The molecule has 5 heteroatoms. The predicted molar refractivity (Wildman–Crippen MR) is 89.9 cm³/mol. The van der Waals surface area contributed by atoms with Crippen LogP contribution in [-0.4, -0.2) is 52.1 Å². The van der Waals surface area contributed by atoms with Crippen LogP contribution in [0.4, 0.5) is 0 Å². The Labute approximate surface area is 134 Å². The molecule has 0 aromatic carbocycles. The van der Waals surface area contributed by atoms with Crippen LogP contribution >= 0.6 is 0 Å². The Bertz CT molecular complexity index is 469. The lowest BCUT2D eigenvalue weighted by Crippen LogP contribution is -2.39. The maximum atomic E-state index is 9.08. The van der Waals surface area contributed by atoms with Gasteiger partial charge in [0.1, 0.15) is 0 Å². The highest BCUT2D eigenvalue weighted by Gasteiger charge is 2.24. The predicted octanol–water partition coefficient (Wildman–Crippen LogP) is 1.70. The molecule has 0 radical (unpaired) electrons. The highest BCUT2D eigenvalue weighted by atomic mass is 16.3. The topological polar surface area (TPSA) is 53.3 Å². The molecule has 0 unspecified atom stereocenters. The van der Waals surface area contributed by atoms with E-state index in [0.717, 1.165) is 24.7 Å². The normalized spacial score (nSPS) is 19.5. The fourth-order valence-electron chi connectivity index (χ4n) is 3.50. The van der Waals surface area contributed by atoms with Crippen molar-refractivity contribution in [1.82, 2.24) is 20.0 Å². The monoisotopic (exact) mass is 308 g/mol. The van der Waals surface area contributed by atoms with Gasteiger partial charge in [-0.25, -0.2) is 0 Å². The number of aliphatic hydroxyl groups is 1. The lowest BCUT2D eigenvalue weighted by atomic mass is 10.1. The molecule has 0 bridgehead atoms. The second kappa shape index (κ2) is 8.09. The first-order valence-corrected chi connectivity index (χ1v) is 8.61. The zero-order valence-electron chi connectivity index (χ0n) is 14.6. The molecule has 1 aromatic heterocycles. The molecule has 1 aliphatic rings. The zero-order valence-corrected chi connectivity index (χ0v) is 14.6. The van der Waals surface area contributed by atoms with E-state index in [4.69, 9.17) is 5.11 Å². The number of nitrogens with one attached hydrogen (secondary N) is 1. The summed E-state index contributed by atoms with van der Waals surface area (Å²) in [6.45, 7) is 13.8. The van der Waals surface area contributed by atoms with Gasteiger partial charge < -0.3 is 10.4 Å². The van der Waals surface area contributed by atoms with E-state index in [0.29, 0.717) is 12.6 Å². The van der Waals surface area contributed by atoms with E-state index in [1.807, 2.05) is 4.68 Å². The second-order valence-corrected chi connectivity index (χ2v) is 6.91. The Kier molecular flexibility index (Phi) is 6.41. The van der Waals surface area contributed by atoms with Crippen molar-refractivity contribution in [2.45, 2.75) is 59.7 Å². The Hall–Kier alpha value is -0.910. The van der Waals surface area contributed by atoms with Crippen molar-refractivity contribution in [2.75, 3.05) is 26.2 Å². The highest BCUT2D eigenvalue weighted by Crippen LogP contribution is 2.18. The molecule has 0 aliphatic carbocycles. The molecule has 0 spiro atoms. The van der Waals surface area contributed by atoms with E-state index in [2.05, 4.69) is 43.0 Å². The van der Waals surface area contributed by atoms with Crippen LogP contribution in [0.15, 0.2) is 0 Å². The number of rotatable bonds is 8. The molecule has 1 saturated heterocycles. The minimum atomic E-state index is 0.140. The van der Waals surface area contributed by atoms with Crippen molar-refractivity contribution in [3.63, 3.8) is 0 Å². The second-order valence-electron chi connectivity index (χ2n) is 6.91. The lowest BCUT2D eigenvalue weighted by molar-refractivity contribution is 0.221. The van der Waals surface area contributed by atoms with Gasteiger partial charge >= 0.3 is 0 Å². The third-order valence-corrected chi connectivity index (χ3v) is 4.62. The Morgan fingerprint density at radius 3 is 2.82 bits per heavy atom. The van der Waals surface area contributed by atoms with Crippen molar-refractivity contribution in [3.8, 4) is 0 Å². The summed E-state index contributed by atoms with van der Waals surface area (Å²) in [5.41, 5.74) is 3.52. The van der Waals surface area contributed by atoms with E-state index < -0.39 is 0 Å². The van der Waals surface area contributed by atoms with Gasteiger partial charge in [-0.15, -0.1) is 0 Å². The van der Waals surface area contributed by atoms with Gasteiger partial charge in [-0.3, -0.25) is 9.58 Å². The average molecular weight is 308 g/mol. The number of nitrogens with zero attached hydrogens (tertiary/aromatic N) is 3. The van der Waals surface area contributed by atoms with E-state index >= 15 is 0 Å². The molecule has 2 rings (SSSR count). The fourth-order valence-corrected chi connectivity index (χ4v) is 3.50. The standard InChI is InChI=1S/C17H32N4O/c1-13(2)12-20-7-5-6-16(20)10-18-11-17-14(3)19-21(8-9-22)15(17)4/h13,16,18,22H,5-12H2,1-4H3/t16-/m0/s1. The average Bonchev–Trinajstić information content (AvgIpc) is 2.98. The third kappa shape index (κ3) is 4.31. The number of aryl methyl sites for hydroxylation is 1. The summed E-state index contributed by atoms with van der Waals surface area (Å²) >= 11 is 0. The Morgan fingerprint density at radius 1 is 1.36 bits per heavy atom. The molecule has 1 atom stereocenters. The summed E-state index contributed by atoms with van der Waals surface area (Å²) in [5, 5.41) is 17.2. The number of aromatic nitrogens is 2. The maximum Gasteiger partial charge on any atom is 0.0644 e. The molecule has 5 nitrogen and oxygen atoms in total. The van der Waals surface area contributed by atoms with Gasteiger partial charge in [0.15, 0.2) is 0 Å². The van der Waals surface area contributed by atoms with Crippen molar-refractivity contribution >= 4 is 0 Å². The number of hydrogen-bond donors (Lipinski definition) is 2. The van der Waals surface area contributed by atoms with Crippen LogP contribution < -0.4 is 5.32 Å². The van der Waals surface area contributed by atoms with E-state index in [1.165, 1.54) is 37.2 Å². The first-order chi connectivity index (χ1) is 10.5. The molecule has 0 saturated carbocycles. The van der Waals surface area contributed by atoms with Gasteiger partial charge in [0, 0.05) is 36.9 Å². The summed E-state index contributed by atoms with van der Waals surface area (Å²) in [5.74, 6) is 0.738. The van der Waals surface area contributed by atoms with Crippen molar-refractivity contribution in [1.29, 1.82) is 0 Å². The minimum absolute atomic E-state index is 0.140. The molecule has 22 heavy (non-hydrogen) atoms. The van der Waals surface area contributed by atoms with Crippen LogP contribution in [-0.2, 0) is 13.1 Å². The SMILES string of the molecule is Cc1nn(CCO)c(C)c1CNC[C@@H]1CCCN1CC(C)C. The molecular weight excluding hydrogens is 276 g/mol. The van der Waals surface area contributed by atoms with Crippen LogP contribution in [0.3, 0.4) is 0 Å². The minimum Gasteiger partial charge on any atom is -0.394 e.